The zero-order chi connectivity index (χ0) is 10.7. The summed E-state index contributed by atoms with van der Waals surface area (Å²) >= 11 is 0. The molecule has 1 aromatic heterocycles. The highest BCUT2D eigenvalue weighted by molar-refractivity contribution is 5.18. The van der Waals surface area contributed by atoms with Gasteiger partial charge < -0.3 is 0 Å². The van der Waals surface area contributed by atoms with Crippen molar-refractivity contribution in [3.63, 3.8) is 0 Å². The smallest absolute Gasteiger partial charge is 0.146 e. The van der Waals surface area contributed by atoms with Crippen molar-refractivity contribution in [2.75, 3.05) is 0 Å². The summed E-state index contributed by atoms with van der Waals surface area (Å²) in [6, 6.07) is 1.63. The first-order valence-corrected chi connectivity index (χ1v) is 5.38. The largest absolute Gasteiger partial charge is 0.271 e. The first-order valence-electron chi connectivity index (χ1n) is 5.38. The summed E-state index contributed by atoms with van der Waals surface area (Å²) in [6.45, 7) is 0. The van der Waals surface area contributed by atoms with Gasteiger partial charge in [0.2, 0.25) is 0 Å². The van der Waals surface area contributed by atoms with Gasteiger partial charge in [-0.3, -0.25) is 16.3 Å². The molecule has 0 spiro atoms. The second-order valence-corrected chi connectivity index (χ2v) is 4.09. The molecule has 1 aliphatic carbocycles. The molecule has 1 aliphatic rings. The van der Waals surface area contributed by atoms with Gasteiger partial charge in [0.1, 0.15) is 5.82 Å². The number of hydrogen-bond acceptors (Lipinski definition) is 3. The van der Waals surface area contributed by atoms with E-state index in [1.54, 1.807) is 12.3 Å². The van der Waals surface area contributed by atoms with E-state index in [1.807, 2.05) is 0 Å². The third-order valence-corrected chi connectivity index (χ3v) is 3.19. The Labute approximate surface area is 88.9 Å². The van der Waals surface area contributed by atoms with Crippen molar-refractivity contribution in [1.29, 1.82) is 0 Å². The molecule has 82 valence electrons. The summed E-state index contributed by atoms with van der Waals surface area (Å²) < 4.78 is 13.5. The number of hydrogen-bond donors (Lipinski definition) is 2. The molecule has 0 amide bonds. The van der Waals surface area contributed by atoms with E-state index >= 15 is 0 Å². The number of nitrogens with one attached hydrogen (secondary N) is 1. The Morgan fingerprint density at radius 3 is 2.80 bits per heavy atom. The highest BCUT2D eigenvalue weighted by Crippen LogP contribution is 2.35. The summed E-state index contributed by atoms with van der Waals surface area (Å²) in [4.78, 5) is 3.74. The highest BCUT2D eigenvalue weighted by Gasteiger charge is 2.27. The molecular formula is C11H16FN3. The van der Waals surface area contributed by atoms with Crippen LogP contribution in [0.15, 0.2) is 18.5 Å². The molecule has 1 aromatic rings. The Balaban J connectivity index is 2.22. The van der Waals surface area contributed by atoms with Gasteiger partial charge in [0.05, 0.1) is 12.2 Å². The lowest BCUT2D eigenvalue weighted by Crippen LogP contribution is -2.33. The van der Waals surface area contributed by atoms with Crippen LogP contribution in [0.2, 0.25) is 0 Å². The summed E-state index contributed by atoms with van der Waals surface area (Å²) in [5.74, 6) is 5.70. The monoisotopic (exact) mass is 209 g/mol. The molecular weight excluding hydrogens is 193 g/mol. The quantitative estimate of drug-likeness (QED) is 0.590. The van der Waals surface area contributed by atoms with Crippen LogP contribution in [0.3, 0.4) is 0 Å². The fraction of sp³-hybridized carbons (Fsp3) is 0.545. The molecule has 0 aliphatic heterocycles. The van der Waals surface area contributed by atoms with Crippen molar-refractivity contribution < 1.29 is 4.39 Å². The van der Waals surface area contributed by atoms with E-state index in [4.69, 9.17) is 5.84 Å². The first-order chi connectivity index (χ1) is 7.33. The van der Waals surface area contributed by atoms with Crippen LogP contribution in [-0.4, -0.2) is 4.98 Å². The molecule has 2 rings (SSSR count). The zero-order valence-electron chi connectivity index (χ0n) is 8.62. The van der Waals surface area contributed by atoms with Crippen LogP contribution in [0.1, 0.15) is 37.3 Å². The third-order valence-electron chi connectivity index (χ3n) is 3.19. The Morgan fingerprint density at radius 1 is 1.47 bits per heavy atom. The van der Waals surface area contributed by atoms with E-state index in [1.165, 1.54) is 19.0 Å². The summed E-state index contributed by atoms with van der Waals surface area (Å²) in [5.41, 5.74) is 3.37. The third kappa shape index (κ3) is 2.16. The van der Waals surface area contributed by atoms with Crippen LogP contribution in [0.4, 0.5) is 4.39 Å². The topological polar surface area (TPSA) is 50.9 Å². The molecule has 0 saturated heterocycles. The molecule has 3 N–H and O–H groups in total. The van der Waals surface area contributed by atoms with Gasteiger partial charge in [-0.2, -0.15) is 0 Å². The number of hydrazine groups is 1. The second kappa shape index (κ2) is 4.68. The van der Waals surface area contributed by atoms with Gasteiger partial charge >= 0.3 is 0 Å². The predicted octanol–water partition coefficient (Wildman–Crippen LogP) is 1.92. The minimum Gasteiger partial charge on any atom is -0.271 e. The Morgan fingerprint density at radius 2 is 2.20 bits per heavy atom. The fourth-order valence-electron chi connectivity index (χ4n) is 2.41. The minimum absolute atomic E-state index is 0.0736. The van der Waals surface area contributed by atoms with Crippen LogP contribution in [-0.2, 0) is 0 Å². The maximum atomic E-state index is 13.5. The number of halogens is 1. The van der Waals surface area contributed by atoms with Crippen molar-refractivity contribution in [2.45, 2.75) is 31.7 Å². The normalized spacial score (nSPS) is 19.3. The van der Waals surface area contributed by atoms with Crippen molar-refractivity contribution >= 4 is 0 Å². The van der Waals surface area contributed by atoms with E-state index in [-0.39, 0.29) is 11.9 Å². The molecule has 0 aromatic carbocycles. The van der Waals surface area contributed by atoms with E-state index in [9.17, 15) is 4.39 Å². The molecule has 1 unspecified atom stereocenters. The maximum Gasteiger partial charge on any atom is 0.146 e. The van der Waals surface area contributed by atoms with Crippen molar-refractivity contribution in [1.82, 2.24) is 10.4 Å². The number of nitrogens with two attached hydrogens (primary N) is 1. The first kappa shape index (κ1) is 10.5. The molecule has 1 heterocycles. The molecule has 4 heteroatoms. The van der Waals surface area contributed by atoms with Crippen molar-refractivity contribution in [2.24, 2.45) is 11.8 Å². The van der Waals surface area contributed by atoms with Crippen LogP contribution in [0, 0.1) is 11.7 Å². The molecule has 1 atom stereocenters. The van der Waals surface area contributed by atoms with Gasteiger partial charge in [-0.25, -0.2) is 4.39 Å². The number of aromatic nitrogens is 1. The number of pyridine rings is 1. The Kier molecular flexibility index (Phi) is 3.28. The molecule has 0 bridgehead atoms. The summed E-state index contributed by atoms with van der Waals surface area (Å²) in [6.07, 6.45) is 7.53. The molecule has 0 radical (unpaired) electrons. The highest BCUT2D eigenvalue weighted by atomic mass is 19.1. The molecule has 1 saturated carbocycles. The van der Waals surface area contributed by atoms with Crippen LogP contribution in [0.25, 0.3) is 0 Å². The zero-order valence-corrected chi connectivity index (χ0v) is 8.62. The standard InChI is InChI=1S/C11H16FN3/c12-10-7-14-6-5-9(10)11(15-13)8-3-1-2-4-8/h5-8,11,15H,1-4,13H2. The summed E-state index contributed by atoms with van der Waals surface area (Å²) in [5, 5.41) is 0. The lowest BCUT2D eigenvalue weighted by molar-refractivity contribution is 0.361. The van der Waals surface area contributed by atoms with Gasteiger partial charge in [0, 0.05) is 11.8 Å². The fourth-order valence-corrected chi connectivity index (χ4v) is 2.41. The van der Waals surface area contributed by atoms with E-state index in [0.29, 0.717) is 11.5 Å². The SMILES string of the molecule is NNC(c1ccncc1F)C1CCCC1. The van der Waals surface area contributed by atoms with Crippen molar-refractivity contribution in [3.8, 4) is 0 Å². The lowest BCUT2D eigenvalue weighted by Gasteiger charge is -2.23. The Bertz CT molecular complexity index is 323. The van der Waals surface area contributed by atoms with Gasteiger partial charge in [0.15, 0.2) is 0 Å². The second-order valence-electron chi connectivity index (χ2n) is 4.09. The van der Waals surface area contributed by atoms with E-state index < -0.39 is 0 Å². The van der Waals surface area contributed by atoms with Crippen LogP contribution in [0.5, 0.6) is 0 Å². The maximum absolute atomic E-state index is 13.5. The van der Waals surface area contributed by atoms with Gasteiger partial charge in [0.25, 0.3) is 0 Å². The molecule has 3 nitrogen and oxygen atoms in total. The van der Waals surface area contributed by atoms with Gasteiger partial charge in [-0.05, 0) is 24.8 Å². The van der Waals surface area contributed by atoms with Crippen LogP contribution < -0.4 is 11.3 Å². The van der Waals surface area contributed by atoms with Gasteiger partial charge in [-0.1, -0.05) is 12.8 Å². The lowest BCUT2D eigenvalue weighted by atomic mass is 9.92. The average Bonchev–Trinajstić information content (AvgIpc) is 2.75. The average molecular weight is 209 g/mol. The van der Waals surface area contributed by atoms with E-state index in [0.717, 1.165) is 12.8 Å². The predicted molar refractivity (Wildman–Crippen MR) is 56.2 cm³/mol. The minimum atomic E-state index is -0.271. The molecule has 15 heavy (non-hydrogen) atoms. The van der Waals surface area contributed by atoms with E-state index in [2.05, 4.69) is 10.4 Å². The number of rotatable bonds is 3. The van der Waals surface area contributed by atoms with Crippen molar-refractivity contribution in [3.05, 3.63) is 29.8 Å². The Hall–Kier alpha value is -1.00. The van der Waals surface area contributed by atoms with Gasteiger partial charge in [-0.15, -0.1) is 0 Å². The van der Waals surface area contributed by atoms with Crippen LogP contribution >= 0.6 is 0 Å². The number of nitrogens with zero attached hydrogens (tertiary/aromatic N) is 1. The summed E-state index contributed by atoms with van der Waals surface area (Å²) in [7, 11) is 0. The molecule has 1 fully saturated rings.